The molecule has 0 saturated carbocycles. The minimum absolute atomic E-state index is 0.842. The molecule has 0 bridgehead atoms. The molecule has 1 heterocycles. The first-order valence-corrected chi connectivity index (χ1v) is 5.76. The van der Waals surface area contributed by atoms with E-state index in [0.29, 0.717) is 0 Å². The monoisotopic (exact) mass is 172 g/mol. The van der Waals surface area contributed by atoms with E-state index in [2.05, 4.69) is 17.7 Å². The van der Waals surface area contributed by atoms with Crippen LogP contribution in [0.1, 0.15) is 12.8 Å². The van der Waals surface area contributed by atoms with Crippen LogP contribution < -0.4 is 0 Å². The van der Waals surface area contributed by atoms with E-state index in [4.69, 9.17) is 6.42 Å². The second-order valence-corrected chi connectivity index (χ2v) is 4.79. The van der Waals surface area contributed by atoms with Gasteiger partial charge in [0.1, 0.15) is 0 Å². The highest BCUT2D eigenvalue weighted by molar-refractivity contribution is 8.03. The summed E-state index contributed by atoms with van der Waals surface area (Å²) in [5.74, 6) is 6.23. The van der Waals surface area contributed by atoms with Crippen molar-refractivity contribution >= 4 is 23.5 Å². The van der Waals surface area contributed by atoms with Crippen LogP contribution in [0, 0.1) is 12.3 Å². The third-order valence-electron chi connectivity index (χ3n) is 1.52. The molecule has 56 valence electrons. The maximum absolute atomic E-state index is 5.17. The molecule has 0 radical (unpaired) electrons. The summed E-state index contributed by atoms with van der Waals surface area (Å²) in [4.78, 5) is 0. The molecule has 1 saturated heterocycles. The standard InChI is InChI=1S/C8H12S2/c1-2-5-10-8-4-3-6-9-7-8/h1,8H,3-7H2. The van der Waals surface area contributed by atoms with Crippen molar-refractivity contribution in [1.29, 1.82) is 0 Å². The van der Waals surface area contributed by atoms with Crippen molar-refractivity contribution in [1.82, 2.24) is 0 Å². The molecule has 0 N–H and O–H groups in total. The van der Waals surface area contributed by atoms with Crippen molar-refractivity contribution in [3.63, 3.8) is 0 Å². The zero-order valence-electron chi connectivity index (χ0n) is 6.01. The molecule has 0 aromatic heterocycles. The highest BCUT2D eigenvalue weighted by Gasteiger charge is 2.12. The fourth-order valence-corrected chi connectivity index (χ4v) is 3.31. The van der Waals surface area contributed by atoms with E-state index in [1.54, 1.807) is 0 Å². The Balaban J connectivity index is 2.09. The first-order valence-electron chi connectivity index (χ1n) is 3.56. The van der Waals surface area contributed by atoms with E-state index < -0.39 is 0 Å². The molecular weight excluding hydrogens is 160 g/mol. The Morgan fingerprint density at radius 1 is 1.70 bits per heavy atom. The Bertz CT molecular complexity index is 120. The Morgan fingerprint density at radius 2 is 2.60 bits per heavy atom. The van der Waals surface area contributed by atoms with Crippen molar-refractivity contribution in [2.45, 2.75) is 18.1 Å². The van der Waals surface area contributed by atoms with Gasteiger partial charge in [0.25, 0.3) is 0 Å². The van der Waals surface area contributed by atoms with E-state index >= 15 is 0 Å². The van der Waals surface area contributed by atoms with E-state index in [-0.39, 0.29) is 0 Å². The number of thioether (sulfide) groups is 2. The largest absolute Gasteiger partial charge is 0.161 e. The molecule has 1 aliphatic heterocycles. The van der Waals surface area contributed by atoms with Crippen LogP contribution in [-0.2, 0) is 0 Å². The van der Waals surface area contributed by atoms with Gasteiger partial charge in [-0.05, 0) is 18.6 Å². The van der Waals surface area contributed by atoms with Gasteiger partial charge < -0.3 is 0 Å². The third kappa shape index (κ3) is 2.90. The maximum Gasteiger partial charge on any atom is 0.0547 e. The highest BCUT2D eigenvalue weighted by Crippen LogP contribution is 2.26. The molecule has 0 nitrogen and oxygen atoms in total. The van der Waals surface area contributed by atoms with Gasteiger partial charge >= 0.3 is 0 Å². The quantitative estimate of drug-likeness (QED) is 0.586. The minimum Gasteiger partial charge on any atom is -0.161 e. The van der Waals surface area contributed by atoms with Crippen LogP contribution in [0.25, 0.3) is 0 Å². The smallest absolute Gasteiger partial charge is 0.0547 e. The molecule has 0 spiro atoms. The number of rotatable bonds is 2. The lowest BCUT2D eigenvalue weighted by Gasteiger charge is -2.19. The molecule has 1 aliphatic rings. The Morgan fingerprint density at radius 3 is 3.20 bits per heavy atom. The topological polar surface area (TPSA) is 0 Å². The Hall–Kier alpha value is 0.260. The second kappa shape index (κ2) is 4.98. The molecular formula is C8H12S2. The summed E-state index contributed by atoms with van der Waals surface area (Å²) in [6.07, 6.45) is 7.92. The van der Waals surface area contributed by atoms with E-state index in [1.165, 1.54) is 24.3 Å². The third-order valence-corrected chi connectivity index (χ3v) is 4.15. The molecule has 1 unspecified atom stereocenters. The first kappa shape index (κ1) is 8.36. The van der Waals surface area contributed by atoms with Gasteiger partial charge in [0.05, 0.1) is 5.75 Å². The van der Waals surface area contributed by atoms with Crippen LogP contribution in [0.2, 0.25) is 0 Å². The van der Waals surface area contributed by atoms with Crippen LogP contribution in [0.4, 0.5) is 0 Å². The fourth-order valence-electron chi connectivity index (χ4n) is 1.01. The van der Waals surface area contributed by atoms with Crippen LogP contribution in [0.5, 0.6) is 0 Å². The van der Waals surface area contributed by atoms with Gasteiger partial charge in [-0.3, -0.25) is 0 Å². The van der Waals surface area contributed by atoms with Gasteiger partial charge in [0.2, 0.25) is 0 Å². The number of hydrogen-bond acceptors (Lipinski definition) is 2. The normalized spacial score (nSPS) is 25.7. The van der Waals surface area contributed by atoms with E-state index in [9.17, 15) is 0 Å². The van der Waals surface area contributed by atoms with Gasteiger partial charge in [-0.2, -0.15) is 11.8 Å². The highest BCUT2D eigenvalue weighted by atomic mass is 32.2. The summed E-state index contributed by atoms with van der Waals surface area (Å²) < 4.78 is 0. The SMILES string of the molecule is C#CCSC1CCCSC1. The van der Waals surface area contributed by atoms with Crippen molar-refractivity contribution < 1.29 is 0 Å². The molecule has 1 fully saturated rings. The van der Waals surface area contributed by atoms with Crippen molar-refractivity contribution in [2.75, 3.05) is 17.3 Å². The summed E-state index contributed by atoms with van der Waals surface area (Å²) >= 11 is 4.00. The first-order chi connectivity index (χ1) is 4.93. The summed E-state index contributed by atoms with van der Waals surface area (Å²) in [5.41, 5.74) is 0. The maximum atomic E-state index is 5.17. The predicted octanol–water partition coefficient (Wildman–Crippen LogP) is 2.25. The zero-order chi connectivity index (χ0) is 7.23. The lowest BCUT2D eigenvalue weighted by molar-refractivity contribution is 0.781. The van der Waals surface area contributed by atoms with Crippen LogP contribution in [-0.4, -0.2) is 22.5 Å². The van der Waals surface area contributed by atoms with Gasteiger partial charge in [-0.25, -0.2) is 0 Å². The van der Waals surface area contributed by atoms with E-state index in [0.717, 1.165) is 11.0 Å². The van der Waals surface area contributed by atoms with Crippen LogP contribution in [0.3, 0.4) is 0 Å². The van der Waals surface area contributed by atoms with Crippen LogP contribution in [0.15, 0.2) is 0 Å². The molecule has 0 aromatic rings. The van der Waals surface area contributed by atoms with Crippen molar-refractivity contribution in [3.8, 4) is 12.3 Å². The fraction of sp³-hybridized carbons (Fsp3) is 0.750. The summed E-state index contributed by atoms with van der Waals surface area (Å²) in [7, 11) is 0. The second-order valence-electron chi connectivity index (χ2n) is 2.35. The molecule has 0 aromatic carbocycles. The van der Waals surface area contributed by atoms with Crippen molar-refractivity contribution in [2.24, 2.45) is 0 Å². The molecule has 1 rings (SSSR count). The lowest BCUT2D eigenvalue weighted by atomic mass is 10.3. The number of terminal acetylenes is 1. The summed E-state index contributed by atoms with van der Waals surface area (Å²) in [6, 6.07) is 0. The van der Waals surface area contributed by atoms with Gasteiger partial charge in [-0.1, -0.05) is 5.92 Å². The van der Waals surface area contributed by atoms with Crippen LogP contribution >= 0.6 is 23.5 Å². The summed E-state index contributed by atoms with van der Waals surface area (Å²) in [5, 5.41) is 0.842. The van der Waals surface area contributed by atoms with Gasteiger partial charge in [0.15, 0.2) is 0 Å². The van der Waals surface area contributed by atoms with Crippen molar-refractivity contribution in [3.05, 3.63) is 0 Å². The summed E-state index contributed by atoms with van der Waals surface area (Å²) in [6.45, 7) is 0. The molecule has 0 aliphatic carbocycles. The van der Waals surface area contributed by atoms with Gasteiger partial charge in [0, 0.05) is 11.0 Å². The lowest BCUT2D eigenvalue weighted by Crippen LogP contribution is -2.12. The Labute approximate surface area is 71.5 Å². The van der Waals surface area contributed by atoms with E-state index in [1.807, 2.05) is 11.8 Å². The average Bonchev–Trinajstić information content (AvgIpc) is 2.03. The number of hydrogen-bond donors (Lipinski definition) is 0. The Kier molecular flexibility index (Phi) is 4.16. The molecule has 0 amide bonds. The minimum atomic E-state index is 0.842. The molecule has 1 atom stereocenters. The van der Waals surface area contributed by atoms with Gasteiger partial charge in [-0.15, -0.1) is 18.2 Å². The predicted molar refractivity (Wildman–Crippen MR) is 51.6 cm³/mol. The zero-order valence-corrected chi connectivity index (χ0v) is 7.64. The molecule has 2 heteroatoms. The average molecular weight is 172 g/mol. The molecule has 10 heavy (non-hydrogen) atoms.